The molecule has 3 N–H and O–H groups in total. The van der Waals surface area contributed by atoms with Gasteiger partial charge >= 0.3 is 0 Å². The quantitative estimate of drug-likeness (QED) is 0.572. The van der Waals surface area contributed by atoms with Gasteiger partial charge in [-0.25, -0.2) is 4.39 Å². The third-order valence-corrected chi connectivity index (χ3v) is 5.16. The van der Waals surface area contributed by atoms with Gasteiger partial charge in [0.05, 0.1) is 7.11 Å². The zero-order valence-corrected chi connectivity index (χ0v) is 17.4. The molecular formula is C25H28FN2O2+. The van der Waals surface area contributed by atoms with Crippen LogP contribution in [0.5, 0.6) is 5.75 Å². The first-order chi connectivity index (χ1) is 14.6. The minimum absolute atomic E-state index is 0.0903. The van der Waals surface area contributed by atoms with Gasteiger partial charge < -0.3 is 15.4 Å². The highest BCUT2D eigenvalue weighted by atomic mass is 19.1. The third kappa shape index (κ3) is 5.67. The Morgan fingerprint density at radius 2 is 1.80 bits per heavy atom. The van der Waals surface area contributed by atoms with Gasteiger partial charge in [0.1, 0.15) is 17.6 Å². The Kier molecular flexibility index (Phi) is 7.57. The standard InChI is InChI=1S/C25H27FN2O2/c1-3-18-11-13-19(14-12-18)25(20-8-6-9-22(26)15-20)28-17-24(29)27-16-21-7-4-5-10-23(21)30-2/h4-15,25,28H,3,16-17H2,1-2H3,(H,27,29)/p+1/t25-/m0/s1. The van der Waals surface area contributed by atoms with Crippen LogP contribution in [0.25, 0.3) is 0 Å². The molecule has 0 aromatic heterocycles. The molecule has 3 aromatic carbocycles. The molecule has 0 spiro atoms. The Morgan fingerprint density at radius 1 is 1.03 bits per heavy atom. The number of rotatable bonds is 9. The molecule has 0 saturated carbocycles. The summed E-state index contributed by atoms with van der Waals surface area (Å²) in [5, 5.41) is 4.88. The largest absolute Gasteiger partial charge is 0.496 e. The van der Waals surface area contributed by atoms with E-state index in [2.05, 4.69) is 36.5 Å². The highest BCUT2D eigenvalue weighted by Crippen LogP contribution is 2.20. The average molecular weight is 408 g/mol. The van der Waals surface area contributed by atoms with Gasteiger partial charge in [0.2, 0.25) is 0 Å². The number of hydrogen-bond donors (Lipinski definition) is 2. The molecule has 4 nitrogen and oxygen atoms in total. The van der Waals surface area contributed by atoms with Gasteiger partial charge in [-0.2, -0.15) is 0 Å². The van der Waals surface area contributed by atoms with Crippen LogP contribution in [0.15, 0.2) is 72.8 Å². The maximum absolute atomic E-state index is 13.8. The van der Waals surface area contributed by atoms with Crippen LogP contribution >= 0.6 is 0 Å². The second kappa shape index (κ2) is 10.6. The molecule has 1 amide bonds. The molecule has 0 aliphatic heterocycles. The Morgan fingerprint density at radius 3 is 2.50 bits per heavy atom. The lowest BCUT2D eigenvalue weighted by Gasteiger charge is -2.17. The van der Waals surface area contributed by atoms with E-state index in [4.69, 9.17) is 4.74 Å². The Hall–Kier alpha value is -3.18. The summed E-state index contributed by atoms with van der Waals surface area (Å²) >= 11 is 0. The summed E-state index contributed by atoms with van der Waals surface area (Å²) in [7, 11) is 1.61. The van der Waals surface area contributed by atoms with Gasteiger partial charge in [-0.15, -0.1) is 0 Å². The summed E-state index contributed by atoms with van der Waals surface area (Å²) in [5.74, 6) is 0.375. The van der Waals surface area contributed by atoms with Crippen molar-refractivity contribution in [3.63, 3.8) is 0 Å². The second-order valence-electron chi connectivity index (χ2n) is 7.16. The Balaban J connectivity index is 1.69. The summed E-state index contributed by atoms with van der Waals surface area (Å²) in [6, 6.07) is 22.3. The molecule has 0 bridgehead atoms. The zero-order valence-electron chi connectivity index (χ0n) is 17.4. The molecule has 5 heteroatoms. The van der Waals surface area contributed by atoms with Crippen molar-refractivity contribution in [2.75, 3.05) is 13.7 Å². The van der Waals surface area contributed by atoms with E-state index < -0.39 is 0 Å². The molecular weight excluding hydrogens is 379 g/mol. The van der Waals surface area contributed by atoms with Crippen molar-refractivity contribution in [1.82, 2.24) is 5.32 Å². The molecule has 0 fully saturated rings. The van der Waals surface area contributed by atoms with E-state index in [0.29, 0.717) is 6.54 Å². The van der Waals surface area contributed by atoms with E-state index in [1.54, 1.807) is 13.2 Å². The van der Waals surface area contributed by atoms with Crippen LogP contribution in [-0.4, -0.2) is 19.6 Å². The van der Waals surface area contributed by atoms with E-state index in [0.717, 1.165) is 28.9 Å². The number of quaternary nitrogens is 1. The summed E-state index contributed by atoms with van der Waals surface area (Å²) in [6.45, 7) is 2.73. The number of aryl methyl sites for hydroxylation is 1. The number of nitrogens with one attached hydrogen (secondary N) is 1. The van der Waals surface area contributed by atoms with Crippen LogP contribution in [0.2, 0.25) is 0 Å². The van der Waals surface area contributed by atoms with Gasteiger partial charge in [0, 0.05) is 23.2 Å². The lowest BCUT2D eigenvalue weighted by atomic mass is 9.97. The number of para-hydroxylation sites is 1. The van der Waals surface area contributed by atoms with E-state index in [1.165, 1.54) is 17.7 Å². The molecule has 3 rings (SSSR count). The second-order valence-corrected chi connectivity index (χ2v) is 7.16. The van der Waals surface area contributed by atoms with E-state index in [1.807, 2.05) is 35.6 Å². The van der Waals surface area contributed by atoms with Crippen LogP contribution in [0.3, 0.4) is 0 Å². The smallest absolute Gasteiger partial charge is 0.275 e. The molecule has 0 aliphatic carbocycles. The van der Waals surface area contributed by atoms with Crippen molar-refractivity contribution in [3.05, 3.63) is 101 Å². The maximum Gasteiger partial charge on any atom is 0.275 e. The summed E-state index contributed by atoms with van der Waals surface area (Å²) < 4.78 is 19.2. The number of ether oxygens (including phenoxy) is 1. The van der Waals surface area contributed by atoms with E-state index >= 15 is 0 Å². The number of carbonyl (C=O) groups excluding carboxylic acids is 1. The fourth-order valence-corrected chi connectivity index (χ4v) is 3.47. The monoisotopic (exact) mass is 407 g/mol. The summed E-state index contributed by atoms with van der Waals surface area (Å²) in [4.78, 5) is 12.5. The van der Waals surface area contributed by atoms with Gasteiger partial charge in [-0.3, -0.25) is 4.79 Å². The minimum Gasteiger partial charge on any atom is -0.496 e. The lowest BCUT2D eigenvalue weighted by molar-refractivity contribution is -0.676. The first-order valence-electron chi connectivity index (χ1n) is 10.2. The Labute approximate surface area is 177 Å². The normalized spacial score (nSPS) is 11.7. The summed E-state index contributed by atoms with van der Waals surface area (Å²) in [5.41, 5.74) is 4.03. The topological polar surface area (TPSA) is 54.9 Å². The van der Waals surface area contributed by atoms with Crippen LogP contribution in [-0.2, 0) is 17.8 Å². The number of benzene rings is 3. The molecule has 0 radical (unpaired) electrons. The molecule has 156 valence electrons. The van der Waals surface area contributed by atoms with Gasteiger partial charge in [0.25, 0.3) is 5.91 Å². The van der Waals surface area contributed by atoms with Crippen LogP contribution in [0, 0.1) is 5.82 Å². The highest BCUT2D eigenvalue weighted by Gasteiger charge is 2.20. The predicted molar refractivity (Wildman–Crippen MR) is 116 cm³/mol. The minimum atomic E-state index is -0.281. The molecule has 0 saturated heterocycles. The molecule has 0 heterocycles. The molecule has 0 unspecified atom stereocenters. The van der Waals surface area contributed by atoms with Gasteiger partial charge in [0.15, 0.2) is 6.54 Å². The molecule has 0 aliphatic rings. The number of methoxy groups -OCH3 is 1. The van der Waals surface area contributed by atoms with E-state index in [9.17, 15) is 9.18 Å². The SMILES string of the molecule is CCc1ccc([C@H]([NH2+]CC(=O)NCc2ccccc2OC)c2cccc(F)c2)cc1. The van der Waals surface area contributed by atoms with E-state index in [-0.39, 0.29) is 24.3 Å². The van der Waals surface area contributed by atoms with Crippen molar-refractivity contribution >= 4 is 5.91 Å². The average Bonchev–Trinajstić information content (AvgIpc) is 2.78. The van der Waals surface area contributed by atoms with Crippen molar-refractivity contribution in [2.24, 2.45) is 0 Å². The fourth-order valence-electron chi connectivity index (χ4n) is 3.47. The van der Waals surface area contributed by atoms with Crippen LogP contribution in [0.4, 0.5) is 4.39 Å². The van der Waals surface area contributed by atoms with Crippen molar-refractivity contribution in [1.29, 1.82) is 0 Å². The van der Waals surface area contributed by atoms with Crippen molar-refractivity contribution < 1.29 is 19.2 Å². The number of nitrogens with two attached hydrogens (primary N) is 1. The highest BCUT2D eigenvalue weighted by molar-refractivity contribution is 5.76. The number of halogens is 1. The number of hydrogen-bond acceptors (Lipinski definition) is 2. The molecule has 30 heavy (non-hydrogen) atoms. The first kappa shape index (κ1) is 21.5. The molecule has 1 atom stereocenters. The van der Waals surface area contributed by atoms with Gasteiger partial charge in [-0.1, -0.05) is 61.5 Å². The number of carbonyl (C=O) groups is 1. The van der Waals surface area contributed by atoms with Gasteiger partial charge in [-0.05, 0) is 30.2 Å². The zero-order chi connectivity index (χ0) is 21.3. The first-order valence-corrected chi connectivity index (χ1v) is 10.2. The Bertz CT molecular complexity index is 973. The number of amides is 1. The lowest BCUT2D eigenvalue weighted by Crippen LogP contribution is -2.87. The third-order valence-electron chi connectivity index (χ3n) is 5.16. The van der Waals surface area contributed by atoms with Crippen molar-refractivity contribution in [2.45, 2.75) is 25.9 Å². The van der Waals surface area contributed by atoms with Crippen molar-refractivity contribution in [3.8, 4) is 5.75 Å². The van der Waals surface area contributed by atoms with Crippen LogP contribution < -0.4 is 15.4 Å². The fraction of sp³-hybridized carbons (Fsp3) is 0.240. The maximum atomic E-state index is 13.8. The molecule has 3 aromatic rings. The van der Waals surface area contributed by atoms with Crippen LogP contribution in [0.1, 0.15) is 35.2 Å². The summed E-state index contributed by atoms with van der Waals surface area (Å²) in [6.07, 6.45) is 0.958. The predicted octanol–water partition coefficient (Wildman–Crippen LogP) is 3.37.